The van der Waals surface area contributed by atoms with Gasteiger partial charge in [-0.3, -0.25) is 9.59 Å². The van der Waals surface area contributed by atoms with E-state index in [-0.39, 0.29) is 23.6 Å². The molecule has 3 aromatic rings. The van der Waals surface area contributed by atoms with Crippen LogP contribution >= 0.6 is 23.4 Å². The second-order valence-electron chi connectivity index (χ2n) is 7.40. The van der Waals surface area contributed by atoms with Gasteiger partial charge in [-0.15, -0.1) is 0 Å². The van der Waals surface area contributed by atoms with Crippen LogP contribution in [0.5, 0.6) is 11.5 Å². The van der Waals surface area contributed by atoms with Crippen molar-refractivity contribution in [3.05, 3.63) is 74.5 Å². The van der Waals surface area contributed by atoms with E-state index in [9.17, 15) is 14.7 Å². The largest absolute Gasteiger partial charge is 0.504 e. The summed E-state index contributed by atoms with van der Waals surface area (Å²) < 4.78 is 7.21. The Kier molecular flexibility index (Phi) is 6.43. The summed E-state index contributed by atoms with van der Waals surface area (Å²) in [6, 6.07) is 12.4. The fourth-order valence-corrected chi connectivity index (χ4v) is 4.86. The van der Waals surface area contributed by atoms with Crippen LogP contribution in [0, 0.1) is 0 Å². The molecule has 2 aromatic carbocycles. The predicted octanol–water partition coefficient (Wildman–Crippen LogP) is 4.30. The molecule has 1 atom stereocenters. The number of amides is 1. The van der Waals surface area contributed by atoms with Gasteiger partial charge in [-0.05, 0) is 42.3 Å². The number of rotatable bonds is 6. The zero-order valence-electron chi connectivity index (χ0n) is 17.6. The van der Waals surface area contributed by atoms with Gasteiger partial charge in [0.1, 0.15) is 5.82 Å². The minimum atomic E-state index is -0.489. The van der Waals surface area contributed by atoms with Gasteiger partial charge in [-0.2, -0.15) is 4.98 Å². The van der Waals surface area contributed by atoms with E-state index in [1.165, 1.54) is 17.8 Å². The van der Waals surface area contributed by atoms with E-state index in [0.29, 0.717) is 45.2 Å². The van der Waals surface area contributed by atoms with Crippen molar-refractivity contribution in [1.29, 1.82) is 0 Å². The van der Waals surface area contributed by atoms with Gasteiger partial charge in [-0.25, -0.2) is 0 Å². The Morgan fingerprint density at radius 2 is 2.09 bits per heavy atom. The zero-order valence-corrected chi connectivity index (χ0v) is 19.2. The maximum atomic E-state index is 13.1. The average molecular weight is 472 g/mol. The number of anilines is 1. The monoisotopic (exact) mass is 471 g/mol. The van der Waals surface area contributed by atoms with Crippen LogP contribution in [0.15, 0.2) is 52.4 Å². The summed E-state index contributed by atoms with van der Waals surface area (Å²) in [6.07, 6.45) is 0.106. The van der Waals surface area contributed by atoms with Gasteiger partial charge < -0.3 is 19.7 Å². The van der Waals surface area contributed by atoms with Crippen molar-refractivity contribution in [2.75, 3.05) is 11.9 Å². The molecule has 4 rings (SSSR count). The van der Waals surface area contributed by atoms with Crippen molar-refractivity contribution in [3.63, 3.8) is 0 Å². The van der Waals surface area contributed by atoms with E-state index in [4.69, 9.17) is 16.3 Å². The van der Waals surface area contributed by atoms with Crippen LogP contribution in [0.25, 0.3) is 0 Å². The first-order valence-corrected chi connectivity index (χ1v) is 11.5. The number of carbonyl (C=O) groups excluding carboxylic acids is 1. The van der Waals surface area contributed by atoms with E-state index in [0.717, 1.165) is 5.56 Å². The van der Waals surface area contributed by atoms with Crippen molar-refractivity contribution in [2.45, 2.75) is 30.2 Å². The smallest absolute Gasteiger partial charge is 0.279 e. The molecule has 2 N–H and O–H groups in total. The van der Waals surface area contributed by atoms with Gasteiger partial charge in [-0.1, -0.05) is 41.6 Å². The average Bonchev–Trinajstić information content (AvgIpc) is 2.76. The van der Waals surface area contributed by atoms with Crippen LogP contribution in [0.4, 0.5) is 5.82 Å². The molecule has 0 saturated carbocycles. The zero-order chi connectivity index (χ0) is 22.8. The van der Waals surface area contributed by atoms with Crippen molar-refractivity contribution < 1.29 is 14.6 Å². The van der Waals surface area contributed by atoms with E-state index in [1.54, 1.807) is 29.8 Å². The lowest BCUT2D eigenvalue weighted by molar-refractivity contribution is -0.116. The molecule has 1 amide bonds. The number of aromatic nitrogens is 2. The lowest BCUT2D eigenvalue weighted by atomic mass is 9.86. The number of phenolic OH excluding ortho intramolecular Hbond substituents is 1. The van der Waals surface area contributed by atoms with Crippen molar-refractivity contribution >= 4 is 35.1 Å². The fourth-order valence-electron chi connectivity index (χ4n) is 3.74. The molecular formula is C23H22ClN3O4S. The molecule has 1 aromatic heterocycles. The van der Waals surface area contributed by atoms with Crippen LogP contribution in [0.3, 0.4) is 0 Å². The number of nitrogens with zero attached hydrogens (tertiary/aromatic N) is 2. The number of halogens is 1. The topological polar surface area (TPSA) is 93.5 Å². The Balaban J connectivity index is 1.71. The summed E-state index contributed by atoms with van der Waals surface area (Å²) in [4.78, 5) is 29.9. The number of ether oxygens (including phenoxy) is 1. The molecule has 1 aliphatic rings. The second-order valence-corrected chi connectivity index (χ2v) is 8.78. The van der Waals surface area contributed by atoms with Gasteiger partial charge in [0, 0.05) is 30.2 Å². The van der Waals surface area contributed by atoms with Crippen LogP contribution in [0.1, 0.15) is 36.0 Å². The third-order valence-corrected chi connectivity index (χ3v) is 6.58. The molecular weight excluding hydrogens is 450 g/mol. The maximum absolute atomic E-state index is 13.1. The van der Waals surface area contributed by atoms with E-state index < -0.39 is 5.92 Å². The molecule has 32 heavy (non-hydrogen) atoms. The first-order valence-electron chi connectivity index (χ1n) is 10.1. The van der Waals surface area contributed by atoms with E-state index in [2.05, 4.69) is 10.3 Å². The standard InChI is InChI=1S/C23H22ClN3O4S/c1-3-31-18-10-14(7-8-17(18)28)16-11-19(29)25-21-20(16)22(30)26-23(27(21)2)32-12-13-5-4-6-15(24)9-13/h4-10,16,28H,3,11-12H2,1-2H3,(H,25,29)/t16-/m0/s1. The summed E-state index contributed by atoms with van der Waals surface area (Å²) >= 11 is 7.45. The van der Waals surface area contributed by atoms with Gasteiger partial charge in [0.2, 0.25) is 5.91 Å². The number of phenols is 1. The number of benzene rings is 2. The van der Waals surface area contributed by atoms with Gasteiger partial charge in [0.05, 0.1) is 12.2 Å². The Labute approximate surface area is 194 Å². The third kappa shape index (κ3) is 4.47. The van der Waals surface area contributed by atoms with Gasteiger partial charge >= 0.3 is 0 Å². The number of fused-ring (bicyclic) bond motifs is 1. The molecule has 2 heterocycles. The highest BCUT2D eigenvalue weighted by molar-refractivity contribution is 7.98. The molecule has 0 aliphatic carbocycles. The summed E-state index contributed by atoms with van der Waals surface area (Å²) in [7, 11) is 1.77. The second kappa shape index (κ2) is 9.26. The number of thioether (sulfide) groups is 1. The van der Waals surface area contributed by atoms with Crippen molar-refractivity contribution in [1.82, 2.24) is 9.55 Å². The first kappa shape index (κ1) is 22.2. The number of aromatic hydroxyl groups is 1. The third-order valence-electron chi connectivity index (χ3n) is 5.24. The van der Waals surface area contributed by atoms with Crippen LogP contribution in [0.2, 0.25) is 5.02 Å². The highest BCUT2D eigenvalue weighted by Crippen LogP contribution is 2.39. The minimum absolute atomic E-state index is 0.00914. The highest BCUT2D eigenvalue weighted by atomic mass is 35.5. The van der Waals surface area contributed by atoms with E-state index in [1.807, 2.05) is 25.1 Å². The Morgan fingerprint density at radius 1 is 1.28 bits per heavy atom. The molecule has 0 spiro atoms. The molecule has 9 heteroatoms. The molecule has 0 unspecified atom stereocenters. The van der Waals surface area contributed by atoms with Gasteiger partial charge in [0.25, 0.3) is 5.56 Å². The quantitative estimate of drug-likeness (QED) is 0.411. The lowest BCUT2D eigenvalue weighted by Crippen LogP contribution is -2.33. The number of hydrogen-bond acceptors (Lipinski definition) is 6. The molecule has 0 bridgehead atoms. The normalized spacial score (nSPS) is 15.2. The Hall–Kier alpha value is -2.97. The Morgan fingerprint density at radius 3 is 2.84 bits per heavy atom. The van der Waals surface area contributed by atoms with Gasteiger partial charge in [0.15, 0.2) is 16.7 Å². The molecule has 1 aliphatic heterocycles. The summed E-state index contributed by atoms with van der Waals surface area (Å²) in [5.41, 5.74) is 1.75. The minimum Gasteiger partial charge on any atom is -0.504 e. The Bertz CT molecular complexity index is 1240. The number of hydrogen-bond donors (Lipinski definition) is 2. The molecule has 0 fully saturated rings. The predicted molar refractivity (Wildman–Crippen MR) is 125 cm³/mol. The fraction of sp³-hybridized carbons (Fsp3) is 0.261. The first-order chi connectivity index (χ1) is 15.4. The van der Waals surface area contributed by atoms with Crippen molar-refractivity contribution in [2.24, 2.45) is 7.05 Å². The summed E-state index contributed by atoms with van der Waals surface area (Å²) in [6.45, 7) is 2.20. The van der Waals surface area contributed by atoms with Crippen LogP contribution in [-0.2, 0) is 17.6 Å². The molecule has 166 valence electrons. The van der Waals surface area contributed by atoms with Crippen LogP contribution in [-0.4, -0.2) is 27.2 Å². The molecule has 7 nitrogen and oxygen atoms in total. The maximum Gasteiger partial charge on any atom is 0.279 e. The van der Waals surface area contributed by atoms with E-state index >= 15 is 0 Å². The molecule has 0 saturated heterocycles. The number of nitrogens with one attached hydrogen (secondary N) is 1. The molecule has 0 radical (unpaired) electrons. The summed E-state index contributed by atoms with van der Waals surface area (Å²) in [5.74, 6) is 0.654. The number of carbonyl (C=O) groups is 1. The lowest BCUT2D eigenvalue weighted by Gasteiger charge is -2.27. The highest BCUT2D eigenvalue weighted by Gasteiger charge is 2.32. The van der Waals surface area contributed by atoms with Crippen molar-refractivity contribution in [3.8, 4) is 11.5 Å². The SMILES string of the molecule is CCOc1cc([C@@H]2CC(=O)Nc3c2c(=O)nc(SCc2cccc(Cl)c2)n3C)ccc1O. The summed E-state index contributed by atoms with van der Waals surface area (Å²) in [5, 5.41) is 14.0. The van der Waals surface area contributed by atoms with Crippen LogP contribution < -0.4 is 15.6 Å².